The summed E-state index contributed by atoms with van der Waals surface area (Å²) >= 11 is 0. The van der Waals surface area contributed by atoms with E-state index in [1.54, 1.807) is 7.11 Å². The minimum Gasteiger partial charge on any atom is -0.389 e. The predicted octanol–water partition coefficient (Wildman–Crippen LogP) is 1.90. The van der Waals surface area contributed by atoms with E-state index >= 15 is 0 Å². The van der Waals surface area contributed by atoms with E-state index in [0.29, 0.717) is 19.2 Å². The van der Waals surface area contributed by atoms with Crippen LogP contribution in [0.5, 0.6) is 0 Å². The first-order valence-corrected chi connectivity index (χ1v) is 7.30. The van der Waals surface area contributed by atoms with Gasteiger partial charge in [-0.05, 0) is 37.1 Å². The minimum absolute atomic E-state index is 0.404. The molecule has 2 atom stereocenters. The molecule has 1 aromatic rings. The van der Waals surface area contributed by atoms with Gasteiger partial charge in [0.05, 0.1) is 12.7 Å². The molecule has 4 nitrogen and oxygen atoms in total. The molecule has 4 heteroatoms. The summed E-state index contributed by atoms with van der Waals surface area (Å²) in [5.41, 5.74) is 2.57. The quantitative estimate of drug-likeness (QED) is 0.862. The Labute approximate surface area is 122 Å². The fourth-order valence-corrected chi connectivity index (χ4v) is 2.95. The van der Waals surface area contributed by atoms with Crippen LogP contribution in [0.25, 0.3) is 0 Å². The summed E-state index contributed by atoms with van der Waals surface area (Å²) in [7, 11) is 5.76. The molecule has 1 aliphatic rings. The van der Waals surface area contributed by atoms with E-state index < -0.39 is 6.10 Å². The van der Waals surface area contributed by atoms with Crippen LogP contribution in [0.1, 0.15) is 24.4 Å². The van der Waals surface area contributed by atoms with E-state index in [0.717, 1.165) is 13.0 Å². The van der Waals surface area contributed by atoms with E-state index in [4.69, 9.17) is 4.74 Å². The van der Waals surface area contributed by atoms with Gasteiger partial charge in [-0.1, -0.05) is 12.1 Å². The lowest BCUT2D eigenvalue weighted by molar-refractivity contribution is 0.0346. The molecule has 0 unspecified atom stereocenters. The minimum atomic E-state index is -0.405. The van der Waals surface area contributed by atoms with Gasteiger partial charge in [0.15, 0.2) is 0 Å². The predicted molar refractivity (Wildman–Crippen MR) is 82.2 cm³/mol. The lowest BCUT2D eigenvalue weighted by atomic mass is 10.0. The van der Waals surface area contributed by atoms with Gasteiger partial charge in [0.25, 0.3) is 0 Å². The molecule has 112 valence electrons. The van der Waals surface area contributed by atoms with E-state index in [-0.39, 0.29) is 0 Å². The van der Waals surface area contributed by atoms with Crippen LogP contribution in [0, 0.1) is 0 Å². The average molecular weight is 278 g/mol. The van der Waals surface area contributed by atoms with Crippen LogP contribution in [0.2, 0.25) is 0 Å². The van der Waals surface area contributed by atoms with Crippen molar-refractivity contribution in [1.29, 1.82) is 0 Å². The van der Waals surface area contributed by atoms with Gasteiger partial charge < -0.3 is 14.7 Å². The van der Waals surface area contributed by atoms with Crippen molar-refractivity contribution in [2.24, 2.45) is 0 Å². The number of rotatable bonds is 6. The van der Waals surface area contributed by atoms with Crippen molar-refractivity contribution in [3.8, 4) is 0 Å². The second kappa shape index (κ2) is 7.07. The van der Waals surface area contributed by atoms with Gasteiger partial charge in [-0.2, -0.15) is 0 Å². The van der Waals surface area contributed by atoms with Crippen LogP contribution in [0.3, 0.4) is 0 Å². The fraction of sp³-hybridized carbons (Fsp3) is 0.625. The molecule has 0 amide bonds. The monoisotopic (exact) mass is 278 g/mol. The summed E-state index contributed by atoms with van der Waals surface area (Å²) in [5, 5.41) is 9.94. The maximum absolute atomic E-state index is 9.94. The number of β-amino-alcohol motifs (C(OH)–C–C–N with tert-alkyl or cyclic N) is 1. The molecule has 0 aliphatic carbocycles. The Morgan fingerprint density at radius 3 is 2.95 bits per heavy atom. The summed E-state index contributed by atoms with van der Waals surface area (Å²) in [6.45, 7) is 2.14. The second-order valence-electron chi connectivity index (χ2n) is 5.75. The maximum Gasteiger partial charge on any atom is 0.0900 e. The number of aliphatic hydroxyl groups is 1. The Bertz CT molecular complexity index is 423. The topological polar surface area (TPSA) is 35.9 Å². The van der Waals surface area contributed by atoms with E-state index in [1.165, 1.54) is 17.7 Å². The van der Waals surface area contributed by atoms with Gasteiger partial charge in [-0.25, -0.2) is 0 Å². The number of anilines is 1. The lowest BCUT2D eigenvalue weighted by Gasteiger charge is -2.27. The van der Waals surface area contributed by atoms with Crippen LogP contribution in [-0.4, -0.2) is 57.0 Å². The zero-order valence-corrected chi connectivity index (χ0v) is 12.7. The fourth-order valence-electron chi connectivity index (χ4n) is 2.95. The van der Waals surface area contributed by atoms with Gasteiger partial charge in [-0.15, -0.1) is 0 Å². The molecule has 20 heavy (non-hydrogen) atoms. The van der Waals surface area contributed by atoms with E-state index in [2.05, 4.69) is 48.2 Å². The number of likely N-dealkylation sites (tertiary alicyclic amines) is 1. The summed E-state index contributed by atoms with van der Waals surface area (Å²) in [4.78, 5) is 4.50. The van der Waals surface area contributed by atoms with Crippen LogP contribution >= 0.6 is 0 Å². The number of methoxy groups -OCH3 is 1. The van der Waals surface area contributed by atoms with E-state index in [9.17, 15) is 5.11 Å². The second-order valence-corrected chi connectivity index (χ2v) is 5.75. The Morgan fingerprint density at radius 1 is 1.45 bits per heavy atom. The Kier molecular flexibility index (Phi) is 5.40. The summed E-state index contributed by atoms with van der Waals surface area (Å²) in [6, 6.07) is 9.11. The number of aliphatic hydroxyl groups excluding tert-OH is 1. The van der Waals surface area contributed by atoms with Crippen molar-refractivity contribution in [3.05, 3.63) is 29.8 Å². The van der Waals surface area contributed by atoms with Crippen LogP contribution in [0.15, 0.2) is 24.3 Å². The van der Waals surface area contributed by atoms with Gasteiger partial charge in [0.2, 0.25) is 0 Å². The molecule has 2 rings (SSSR count). The van der Waals surface area contributed by atoms with Gasteiger partial charge in [-0.3, -0.25) is 4.90 Å². The molecule has 0 aromatic heterocycles. The third kappa shape index (κ3) is 3.72. The van der Waals surface area contributed by atoms with Crippen LogP contribution < -0.4 is 4.90 Å². The van der Waals surface area contributed by atoms with Crippen molar-refractivity contribution in [1.82, 2.24) is 4.90 Å². The molecular weight excluding hydrogens is 252 g/mol. The summed E-state index contributed by atoms with van der Waals surface area (Å²) < 4.78 is 5.02. The summed E-state index contributed by atoms with van der Waals surface area (Å²) in [6.07, 6.45) is 1.95. The third-order valence-electron chi connectivity index (χ3n) is 3.94. The molecule has 0 bridgehead atoms. The molecular formula is C16H26N2O2. The Balaban J connectivity index is 2.08. The smallest absolute Gasteiger partial charge is 0.0900 e. The standard InChI is InChI=1S/C16H26N2O2/c1-17(2)14-7-4-6-13(10-14)16-8-5-9-18(16)11-15(19)12-20-3/h4,6-7,10,15-16,19H,5,8-9,11-12H2,1-3H3/t15-,16+/m1/s1. The Morgan fingerprint density at radius 2 is 2.25 bits per heavy atom. The Hall–Kier alpha value is -1.10. The van der Waals surface area contributed by atoms with Crippen molar-refractivity contribution in [2.75, 3.05) is 45.8 Å². The number of benzene rings is 1. The lowest BCUT2D eigenvalue weighted by Crippen LogP contribution is -2.34. The van der Waals surface area contributed by atoms with Gasteiger partial charge in [0.1, 0.15) is 0 Å². The molecule has 1 fully saturated rings. The maximum atomic E-state index is 9.94. The number of hydrogen-bond donors (Lipinski definition) is 1. The molecule has 0 spiro atoms. The first-order valence-electron chi connectivity index (χ1n) is 7.30. The van der Waals surface area contributed by atoms with Crippen molar-refractivity contribution >= 4 is 5.69 Å². The summed E-state index contributed by atoms with van der Waals surface area (Å²) in [5.74, 6) is 0. The SMILES string of the molecule is COC[C@H](O)CN1CCC[C@H]1c1cccc(N(C)C)c1. The van der Waals surface area contributed by atoms with E-state index in [1.807, 2.05) is 0 Å². The van der Waals surface area contributed by atoms with Crippen LogP contribution in [0.4, 0.5) is 5.69 Å². The molecule has 1 aromatic carbocycles. The van der Waals surface area contributed by atoms with Gasteiger partial charge >= 0.3 is 0 Å². The van der Waals surface area contributed by atoms with Crippen molar-refractivity contribution < 1.29 is 9.84 Å². The molecule has 1 saturated heterocycles. The zero-order valence-electron chi connectivity index (χ0n) is 12.7. The third-order valence-corrected chi connectivity index (χ3v) is 3.94. The highest BCUT2D eigenvalue weighted by atomic mass is 16.5. The number of ether oxygens (including phenoxy) is 1. The first-order chi connectivity index (χ1) is 9.61. The van der Waals surface area contributed by atoms with Crippen LogP contribution in [-0.2, 0) is 4.74 Å². The average Bonchev–Trinajstić information content (AvgIpc) is 2.87. The normalized spacial score (nSPS) is 21.1. The molecule has 0 radical (unpaired) electrons. The molecule has 1 heterocycles. The highest BCUT2D eigenvalue weighted by Crippen LogP contribution is 2.33. The van der Waals surface area contributed by atoms with Gasteiger partial charge in [0, 0.05) is 39.5 Å². The highest BCUT2D eigenvalue weighted by Gasteiger charge is 2.27. The van der Waals surface area contributed by atoms with Crippen molar-refractivity contribution in [3.63, 3.8) is 0 Å². The first kappa shape index (κ1) is 15.3. The number of hydrogen-bond acceptors (Lipinski definition) is 4. The van der Waals surface area contributed by atoms with Crippen molar-refractivity contribution in [2.45, 2.75) is 25.0 Å². The highest BCUT2D eigenvalue weighted by molar-refractivity contribution is 5.48. The number of nitrogens with zero attached hydrogens (tertiary/aromatic N) is 2. The molecule has 0 saturated carbocycles. The zero-order chi connectivity index (χ0) is 14.5. The molecule has 1 N–H and O–H groups in total. The molecule has 1 aliphatic heterocycles. The largest absolute Gasteiger partial charge is 0.389 e.